The Morgan fingerprint density at radius 1 is 1.45 bits per heavy atom. The summed E-state index contributed by atoms with van der Waals surface area (Å²) in [6, 6.07) is 0.164. The van der Waals surface area contributed by atoms with Crippen LogP contribution in [0.4, 0.5) is 10.2 Å². The molecule has 0 aliphatic carbocycles. The van der Waals surface area contributed by atoms with E-state index >= 15 is 4.39 Å². The number of hydrogen-bond donors (Lipinski definition) is 1. The third kappa shape index (κ3) is 3.47. The zero-order valence-corrected chi connectivity index (χ0v) is 17.2. The number of aryl methyl sites for hydroxylation is 1. The van der Waals surface area contributed by atoms with Crippen molar-refractivity contribution < 1.29 is 9.18 Å². The normalized spacial score (nSPS) is 19.0. The number of nitrogens with zero attached hydrogens (tertiary/aromatic N) is 5. The molecule has 0 saturated carbocycles. The van der Waals surface area contributed by atoms with Crippen molar-refractivity contribution in [1.82, 2.24) is 25.0 Å². The molecule has 8 heteroatoms. The van der Waals surface area contributed by atoms with E-state index in [9.17, 15) is 4.79 Å². The van der Waals surface area contributed by atoms with Gasteiger partial charge >= 0.3 is 0 Å². The van der Waals surface area contributed by atoms with E-state index in [1.54, 1.807) is 17.1 Å². The van der Waals surface area contributed by atoms with Crippen LogP contribution in [0.3, 0.4) is 0 Å². The number of amides is 1. The summed E-state index contributed by atoms with van der Waals surface area (Å²) in [4.78, 5) is 21.4. The van der Waals surface area contributed by atoms with Gasteiger partial charge in [-0.3, -0.25) is 9.48 Å². The van der Waals surface area contributed by atoms with Crippen molar-refractivity contribution in [2.45, 2.75) is 39.3 Å². The van der Waals surface area contributed by atoms with Gasteiger partial charge in [0.2, 0.25) is 0 Å². The van der Waals surface area contributed by atoms with Crippen LogP contribution in [0.1, 0.15) is 42.6 Å². The molecule has 2 aliphatic rings. The molecular formula is C21H27FN6O. The van der Waals surface area contributed by atoms with E-state index in [4.69, 9.17) is 4.98 Å². The second kappa shape index (κ2) is 7.85. The Hall–Kier alpha value is -2.90. The van der Waals surface area contributed by atoms with Crippen molar-refractivity contribution in [1.29, 1.82) is 0 Å². The molecule has 0 spiro atoms. The number of rotatable bonds is 5. The van der Waals surface area contributed by atoms with Gasteiger partial charge in [0, 0.05) is 56.6 Å². The summed E-state index contributed by atoms with van der Waals surface area (Å²) in [5.41, 5.74) is 1.95. The van der Waals surface area contributed by atoms with E-state index in [1.807, 2.05) is 31.9 Å². The molecule has 1 fully saturated rings. The predicted molar refractivity (Wildman–Crippen MR) is 110 cm³/mol. The molecule has 4 rings (SSSR count). The van der Waals surface area contributed by atoms with Crippen LogP contribution in [0.25, 0.3) is 11.3 Å². The number of carbonyl (C=O) groups excluding carboxylic acids is 1. The Morgan fingerprint density at radius 2 is 2.28 bits per heavy atom. The molecule has 29 heavy (non-hydrogen) atoms. The summed E-state index contributed by atoms with van der Waals surface area (Å²) in [6.45, 7) is 6.71. The Balaban J connectivity index is 1.79. The van der Waals surface area contributed by atoms with E-state index in [0.717, 1.165) is 31.5 Å². The molecule has 1 amide bonds. The first-order valence-electron chi connectivity index (χ1n) is 10.2. The van der Waals surface area contributed by atoms with Crippen molar-refractivity contribution in [3.63, 3.8) is 0 Å². The van der Waals surface area contributed by atoms with Crippen LogP contribution in [0, 0.1) is 5.82 Å². The first kappa shape index (κ1) is 19.4. The predicted octanol–water partition coefficient (Wildman–Crippen LogP) is 2.69. The van der Waals surface area contributed by atoms with Crippen molar-refractivity contribution in [2.75, 3.05) is 24.5 Å². The molecule has 2 aromatic heterocycles. The zero-order valence-electron chi connectivity index (χ0n) is 17.2. The highest BCUT2D eigenvalue weighted by Gasteiger charge is 2.34. The first-order chi connectivity index (χ1) is 14.0. The van der Waals surface area contributed by atoms with Crippen molar-refractivity contribution in [3.05, 3.63) is 41.6 Å². The molecule has 1 N–H and O–H groups in total. The van der Waals surface area contributed by atoms with Gasteiger partial charge in [0.25, 0.3) is 5.91 Å². The zero-order chi connectivity index (χ0) is 20.5. The third-order valence-electron chi connectivity index (χ3n) is 5.69. The Morgan fingerprint density at radius 3 is 2.97 bits per heavy atom. The number of anilines is 1. The highest BCUT2D eigenvalue weighted by molar-refractivity contribution is 6.04. The van der Waals surface area contributed by atoms with Crippen LogP contribution in [0.15, 0.2) is 24.7 Å². The van der Waals surface area contributed by atoms with E-state index in [2.05, 4.69) is 21.5 Å². The molecule has 0 bridgehead atoms. The highest BCUT2D eigenvalue weighted by Crippen LogP contribution is 2.35. The van der Waals surface area contributed by atoms with Crippen LogP contribution in [-0.4, -0.2) is 51.2 Å². The SMILES string of the molecule is CC=CN1CCCC(N(CC)c2nc(-c3cnn(C)c3)c3c(c2F)CNC3=O)C1. The van der Waals surface area contributed by atoms with Crippen LogP contribution in [-0.2, 0) is 13.6 Å². The average Bonchev–Trinajstić information content (AvgIpc) is 3.31. The maximum absolute atomic E-state index is 15.5. The average molecular weight is 398 g/mol. The number of carbonyl (C=O) groups is 1. The third-order valence-corrected chi connectivity index (χ3v) is 5.69. The van der Waals surface area contributed by atoms with Gasteiger partial charge in [-0.15, -0.1) is 0 Å². The van der Waals surface area contributed by atoms with Crippen LogP contribution in [0.2, 0.25) is 0 Å². The van der Waals surface area contributed by atoms with Gasteiger partial charge in [-0.1, -0.05) is 6.08 Å². The summed E-state index contributed by atoms with van der Waals surface area (Å²) >= 11 is 0. The number of fused-ring (bicyclic) bond motifs is 1. The molecule has 1 unspecified atom stereocenters. The van der Waals surface area contributed by atoms with Crippen LogP contribution < -0.4 is 10.2 Å². The van der Waals surface area contributed by atoms with E-state index in [-0.39, 0.29) is 18.5 Å². The number of pyridine rings is 1. The topological polar surface area (TPSA) is 66.3 Å². The Labute approximate surface area is 170 Å². The monoisotopic (exact) mass is 398 g/mol. The number of piperidine rings is 1. The highest BCUT2D eigenvalue weighted by atomic mass is 19.1. The quantitative estimate of drug-likeness (QED) is 0.839. The minimum atomic E-state index is -0.393. The lowest BCUT2D eigenvalue weighted by Gasteiger charge is -2.39. The molecule has 154 valence electrons. The number of allylic oxidation sites excluding steroid dienone is 1. The van der Waals surface area contributed by atoms with Crippen molar-refractivity contribution in [3.8, 4) is 11.3 Å². The number of hydrogen-bond acceptors (Lipinski definition) is 5. The van der Waals surface area contributed by atoms with Crippen molar-refractivity contribution in [2.24, 2.45) is 7.05 Å². The molecule has 2 aromatic rings. The van der Waals surface area contributed by atoms with Crippen LogP contribution in [0.5, 0.6) is 0 Å². The number of nitrogens with one attached hydrogen (secondary N) is 1. The number of likely N-dealkylation sites (N-methyl/N-ethyl adjacent to an activating group) is 1. The van der Waals surface area contributed by atoms with Crippen LogP contribution >= 0.6 is 0 Å². The maximum Gasteiger partial charge on any atom is 0.254 e. The lowest BCUT2D eigenvalue weighted by molar-refractivity contribution is 0.0966. The number of likely N-dealkylation sites (tertiary alicyclic amines) is 1. The Bertz CT molecular complexity index is 953. The molecule has 0 aromatic carbocycles. The van der Waals surface area contributed by atoms with Gasteiger partial charge in [0.1, 0.15) is 0 Å². The molecule has 7 nitrogen and oxygen atoms in total. The van der Waals surface area contributed by atoms with Gasteiger partial charge in [0.15, 0.2) is 11.6 Å². The molecular weight excluding hydrogens is 371 g/mol. The minimum Gasteiger partial charge on any atom is -0.376 e. The fourth-order valence-electron chi connectivity index (χ4n) is 4.37. The summed E-state index contributed by atoms with van der Waals surface area (Å²) < 4.78 is 17.2. The lowest BCUT2D eigenvalue weighted by Crippen LogP contribution is -2.47. The summed E-state index contributed by atoms with van der Waals surface area (Å²) in [5.74, 6) is -0.346. The maximum atomic E-state index is 15.5. The number of halogens is 1. The lowest BCUT2D eigenvalue weighted by atomic mass is 10.0. The second-order valence-corrected chi connectivity index (χ2v) is 7.60. The van der Waals surface area contributed by atoms with E-state index in [0.29, 0.717) is 29.2 Å². The van der Waals surface area contributed by atoms with Gasteiger partial charge in [-0.25, -0.2) is 9.37 Å². The van der Waals surface area contributed by atoms with Gasteiger partial charge in [-0.2, -0.15) is 5.10 Å². The molecule has 1 atom stereocenters. The molecule has 0 radical (unpaired) electrons. The minimum absolute atomic E-state index is 0.164. The largest absolute Gasteiger partial charge is 0.376 e. The van der Waals surface area contributed by atoms with Gasteiger partial charge < -0.3 is 15.1 Å². The van der Waals surface area contributed by atoms with E-state index < -0.39 is 5.82 Å². The van der Waals surface area contributed by atoms with Gasteiger partial charge in [-0.05, 0) is 32.9 Å². The summed E-state index contributed by atoms with van der Waals surface area (Å²) in [7, 11) is 1.81. The standard InChI is InChI=1S/C21H27FN6O/c1-4-8-27-9-6-7-15(13-27)28(5-2)20-18(22)16-11-23-21(29)17(16)19(25-20)14-10-24-26(3)12-14/h4,8,10,12,15H,5-7,9,11,13H2,1-3H3,(H,23,29). The second-order valence-electron chi connectivity index (χ2n) is 7.60. The molecule has 1 saturated heterocycles. The fourth-order valence-corrected chi connectivity index (χ4v) is 4.37. The van der Waals surface area contributed by atoms with Crippen molar-refractivity contribution >= 4 is 11.7 Å². The summed E-state index contributed by atoms with van der Waals surface area (Å²) in [5, 5.41) is 6.95. The molecule has 2 aliphatic heterocycles. The summed E-state index contributed by atoms with van der Waals surface area (Å²) in [6.07, 6.45) is 9.63. The first-order valence-corrected chi connectivity index (χ1v) is 10.2. The molecule has 4 heterocycles. The fraction of sp³-hybridized carbons (Fsp3) is 0.476. The van der Waals surface area contributed by atoms with Gasteiger partial charge in [0.05, 0.1) is 17.5 Å². The number of aromatic nitrogens is 3. The smallest absolute Gasteiger partial charge is 0.254 e. The Kier molecular flexibility index (Phi) is 5.25. The van der Waals surface area contributed by atoms with E-state index in [1.165, 1.54) is 0 Å².